The number of carbonyl (C=O) groups is 3. The van der Waals surface area contributed by atoms with Gasteiger partial charge in [-0.15, -0.1) is 0 Å². The van der Waals surface area contributed by atoms with Crippen LogP contribution in [0.5, 0.6) is 0 Å². The van der Waals surface area contributed by atoms with Gasteiger partial charge in [-0.3, -0.25) is 24.2 Å². The Bertz CT molecular complexity index is 1020. The maximum atomic E-state index is 13.1. The fraction of sp³-hybridized carbons (Fsp3) is 0.292. The lowest BCUT2D eigenvalue weighted by Gasteiger charge is -2.35. The van der Waals surface area contributed by atoms with Crippen molar-refractivity contribution in [2.45, 2.75) is 32.4 Å². The van der Waals surface area contributed by atoms with Crippen LogP contribution in [-0.2, 0) is 20.9 Å². The Morgan fingerprint density at radius 1 is 1.00 bits per heavy atom. The summed E-state index contributed by atoms with van der Waals surface area (Å²) in [5, 5.41) is 13.1. The molecule has 0 atom stereocenters. The average molecular weight is 419 g/mol. The third kappa shape index (κ3) is 4.36. The number of benzene rings is 2. The molecule has 2 N–H and O–H groups in total. The molecule has 2 heterocycles. The second-order valence-electron chi connectivity index (χ2n) is 7.96. The van der Waals surface area contributed by atoms with Crippen LogP contribution in [0.15, 0.2) is 60.4 Å². The van der Waals surface area contributed by atoms with E-state index in [2.05, 4.69) is 22.3 Å². The Balaban J connectivity index is 1.43. The molecule has 1 saturated heterocycles. The number of likely N-dealkylation sites (tertiary alicyclic amines) is 1. The first-order valence-corrected chi connectivity index (χ1v) is 10.4. The molecule has 2 aromatic carbocycles. The van der Waals surface area contributed by atoms with E-state index in [-0.39, 0.29) is 17.5 Å². The standard InChI is InChI=1S/C24H25N3O4/c1-16(28)25-19-9-7-18(8-10-19)21-22(29)24(31)27(23(21)30)20-11-13-26(14-12-20)15-17-5-3-2-4-6-17/h2-10,20,29H,11-15H2,1H3,(H,25,28). The molecule has 7 nitrogen and oxygen atoms in total. The van der Waals surface area contributed by atoms with Gasteiger partial charge in [0, 0.05) is 38.3 Å². The fourth-order valence-corrected chi connectivity index (χ4v) is 4.23. The summed E-state index contributed by atoms with van der Waals surface area (Å²) in [6, 6.07) is 16.5. The number of amides is 3. The van der Waals surface area contributed by atoms with Crippen molar-refractivity contribution in [2.75, 3.05) is 18.4 Å². The van der Waals surface area contributed by atoms with Crippen molar-refractivity contribution in [3.8, 4) is 0 Å². The van der Waals surface area contributed by atoms with Crippen molar-refractivity contribution in [2.24, 2.45) is 0 Å². The van der Waals surface area contributed by atoms with Gasteiger partial charge in [0.1, 0.15) is 0 Å². The molecule has 0 saturated carbocycles. The third-order valence-electron chi connectivity index (χ3n) is 5.76. The van der Waals surface area contributed by atoms with Gasteiger partial charge in [-0.05, 0) is 36.1 Å². The van der Waals surface area contributed by atoms with Crippen molar-refractivity contribution in [1.29, 1.82) is 0 Å². The van der Waals surface area contributed by atoms with Gasteiger partial charge in [0.05, 0.1) is 5.57 Å². The molecular formula is C24H25N3O4. The number of anilines is 1. The van der Waals surface area contributed by atoms with Crippen LogP contribution < -0.4 is 5.32 Å². The van der Waals surface area contributed by atoms with E-state index in [4.69, 9.17) is 0 Å². The van der Waals surface area contributed by atoms with Gasteiger partial charge in [0.15, 0.2) is 5.76 Å². The number of rotatable bonds is 5. The maximum Gasteiger partial charge on any atom is 0.296 e. The number of hydrogen-bond donors (Lipinski definition) is 2. The summed E-state index contributed by atoms with van der Waals surface area (Å²) in [6.45, 7) is 3.80. The Morgan fingerprint density at radius 3 is 2.26 bits per heavy atom. The molecule has 0 aromatic heterocycles. The van der Waals surface area contributed by atoms with E-state index in [0.717, 1.165) is 19.6 Å². The molecule has 31 heavy (non-hydrogen) atoms. The molecule has 0 bridgehead atoms. The van der Waals surface area contributed by atoms with Gasteiger partial charge in [-0.1, -0.05) is 42.5 Å². The van der Waals surface area contributed by atoms with E-state index in [0.29, 0.717) is 24.1 Å². The Kier molecular flexibility index (Phi) is 5.86. The minimum Gasteiger partial charge on any atom is -0.502 e. The zero-order valence-corrected chi connectivity index (χ0v) is 17.4. The molecule has 0 spiro atoms. The number of piperidine rings is 1. The number of imide groups is 1. The highest BCUT2D eigenvalue weighted by Gasteiger charge is 2.43. The van der Waals surface area contributed by atoms with Gasteiger partial charge in [0.2, 0.25) is 5.91 Å². The topological polar surface area (TPSA) is 89.9 Å². The van der Waals surface area contributed by atoms with Gasteiger partial charge >= 0.3 is 0 Å². The summed E-state index contributed by atoms with van der Waals surface area (Å²) in [7, 11) is 0. The Morgan fingerprint density at radius 2 is 1.65 bits per heavy atom. The van der Waals surface area contributed by atoms with E-state index in [1.807, 2.05) is 18.2 Å². The molecule has 0 unspecified atom stereocenters. The van der Waals surface area contributed by atoms with Crippen molar-refractivity contribution >= 4 is 29.0 Å². The van der Waals surface area contributed by atoms with E-state index in [1.165, 1.54) is 17.4 Å². The molecule has 2 aliphatic heterocycles. The van der Waals surface area contributed by atoms with Gasteiger partial charge in [-0.2, -0.15) is 0 Å². The maximum absolute atomic E-state index is 13.1. The van der Waals surface area contributed by atoms with Crippen molar-refractivity contribution < 1.29 is 19.5 Å². The van der Waals surface area contributed by atoms with Crippen LogP contribution in [-0.4, -0.2) is 51.8 Å². The summed E-state index contributed by atoms with van der Waals surface area (Å²) in [4.78, 5) is 40.5. The van der Waals surface area contributed by atoms with Crippen LogP contribution in [0.3, 0.4) is 0 Å². The molecule has 7 heteroatoms. The van der Waals surface area contributed by atoms with Crippen LogP contribution in [0.4, 0.5) is 5.69 Å². The molecule has 4 rings (SSSR count). The first kappa shape index (κ1) is 20.8. The summed E-state index contributed by atoms with van der Waals surface area (Å²) >= 11 is 0. The lowest BCUT2D eigenvalue weighted by atomic mass is 10.0. The number of carbonyl (C=O) groups excluding carboxylic acids is 3. The molecule has 0 aliphatic carbocycles. The van der Waals surface area contributed by atoms with Crippen LogP contribution >= 0.6 is 0 Å². The van der Waals surface area contributed by atoms with Crippen LogP contribution in [0.25, 0.3) is 5.57 Å². The summed E-state index contributed by atoms with van der Waals surface area (Å²) in [6.07, 6.45) is 1.35. The van der Waals surface area contributed by atoms with Gasteiger partial charge in [-0.25, -0.2) is 0 Å². The van der Waals surface area contributed by atoms with Crippen LogP contribution in [0.2, 0.25) is 0 Å². The van der Waals surface area contributed by atoms with Crippen molar-refractivity contribution in [3.05, 3.63) is 71.5 Å². The van der Waals surface area contributed by atoms with E-state index < -0.39 is 17.6 Å². The quantitative estimate of drug-likeness (QED) is 0.728. The first-order valence-electron chi connectivity index (χ1n) is 10.4. The summed E-state index contributed by atoms with van der Waals surface area (Å²) in [5.41, 5.74) is 2.29. The fourth-order valence-electron chi connectivity index (χ4n) is 4.23. The minimum absolute atomic E-state index is 0.0195. The summed E-state index contributed by atoms with van der Waals surface area (Å²) in [5.74, 6) is -1.81. The number of nitrogens with one attached hydrogen (secondary N) is 1. The molecule has 160 valence electrons. The Hall–Kier alpha value is -3.45. The molecular weight excluding hydrogens is 394 g/mol. The predicted molar refractivity (Wildman–Crippen MR) is 117 cm³/mol. The Labute approximate surface area is 181 Å². The lowest BCUT2D eigenvalue weighted by molar-refractivity contribution is -0.141. The van der Waals surface area contributed by atoms with E-state index in [1.54, 1.807) is 24.3 Å². The smallest absolute Gasteiger partial charge is 0.296 e. The lowest BCUT2D eigenvalue weighted by Crippen LogP contribution is -2.47. The highest BCUT2D eigenvalue weighted by atomic mass is 16.3. The van der Waals surface area contributed by atoms with Gasteiger partial charge < -0.3 is 10.4 Å². The van der Waals surface area contributed by atoms with Crippen LogP contribution in [0.1, 0.15) is 30.9 Å². The molecule has 3 amide bonds. The second kappa shape index (κ2) is 8.73. The highest BCUT2D eigenvalue weighted by molar-refractivity contribution is 6.35. The minimum atomic E-state index is -0.632. The third-order valence-corrected chi connectivity index (χ3v) is 5.76. The number of hydrogen-bond acceptors (Lipinski definition) is 5. The highest BCUT2D eigenvalue weighted by Crippen LogP contribution is 2.32. The van der Waals surface area contributed by atoms with Gasteiger partial charge in [0.25, 0.3) is 11.8 Å². The zero-order valence-electron chi connectivity index (χ0n) is 17.4. The van der Waals surface area contributed by atoms with Crippen molar-refractivity contribution in [1.82, 2.24) is 9.80 Å². The largest absolute Gasteiger partial charge is 0.502 e. The van der Waals surface area contributed by atoms with E-state index in [9.17, 15) is 19.5 Å². The zero-order chi connectivity index (χ0) is 22.0. The van der Waals surface area contributed by atoms with E-state index >= 15 is 0 Å². The molecule has 1 fully saturated rings. The number of aliphatic hydroxyl groups excluding tert-OH is 1. The predicted octanol–water partition coefficient (Wildman–Crippen LogP) is 2.95. The SMILES string of the molecule is CC(=O)Nc1ccc(C2=C(O)C(=O)N(C3CCN(Cc4ccccc4)CC3)C2=O)cc1. The monoisotopic (exact) mass is 419 g/mol. The van der Waals surface area contributed by atoms with Crippen molar-refractivity contribution in [3.63, 3.8) is 0 Å². The first-order chi connectivity index (χ1) is 14.9. The van der Waals surface area contributed by atoms with Crippen LogP contribution in [0, 0.1) is 0 Å². The molecule has 2 aromatic rings. The molecule has 2 aliphatic rings. The summed E-state index contributed by atoms with van der Waals surface area (Å²) < 4.78 is 0. The molecule has 0 radical (unpaired) electrons. The normalized spacial score (nSPS) is 18.0. The number of aliphatic hydroxyl groups is 1. The second-order valence-corrected chi connectivity index (χ2v) is 7.96. The average Bonchev–Trinajstić information content (AvgIpc) is 2.98. The number of nitrogens with zero attached hydrogens (tertiary/aromatic N) is 2.